The summed E-state index contributed by atoms with van der Waals surface area (Å²) in [5.41, 5.74) is 3.05. The van der Waals surface area contributed by atoms with E-state index in [1.807, 2.05) is 67.9 Å². The Hall–Kier alpha value is -3.83. The molecule has 4 rings (SSSR count). The predicted octanol–water partition coefficient (Wildman–Crippen LogP) is 4.96. The van der Waals surface area contributed by atoms with Crippen LogP contribution in [0.5, 0.6) is 11.5 Å². The molecule has 0 radical (unpaired) electrons. The molecule has 0 atom stereocenters. The van der Waals surface area contributed by atoms with E-state index in [9.17, 15) is 9.59 Å². The number of benzene rings is 2. The van der Waals surface area contributed by atoms with Crippen LogP contribution in [0.25, 0.3) is 11.1 Å². The molecule has 0 aliphatic heterocycles. The van der Waals surface area contributed by atoms with Crippen LogP contribution in [0.1, 0.15) is 21.7 Å². The van der Waals surface area contributed by atoms with Crippen molar-refractivity contribution in [1.82, 2.24) is 14.8 Å². The van der Waals surface area contributed by atoms with E-state index in [1.54, 1.807) is 11.7 Å². The van der Waals surface area contributed by atoms with Gasteiger partial charge in [-0.25, -0.2) is 4.79 Å². The third-order valence-electron chi connectivity index (χ3n) is 5.48. The zero-order valence-electron chi connectivity index (χ0n) is 20.8. The van der Waals surface area contributed by atoms with Crippen molar-refractivity contribution in [2.24, 2.45) is 7.05 Å². The highest BCUT2D eigenvalue weighted by Gasteiger charge is 2.22. The number of rotatable bonds is 10. The fourth-order valence-electron chi connectivity index (χ4n) is 3.41. The molecule has 0 saturated carbocycles. The van der Waals surface area contributed by atoms with Crippen LogP contribution in [0.4, 0.5) is 5.00 Å². The topological polar surface area (TPSA) is 105 Å². The van der Waals surface area contributed by atoms with Gasteiger partial charge in [-0.05, 0) is 36.8 Å². The number of nitrogens with zero attached hydrogens (tertiary/aromatic N) is 3. The summed E-state index contributed by atoms with van der Waals surface area (Å²) < 4.78 is 17.7. The van der Waals surface area contributed by atoms with E-state index in [0.717, 1.165) is 22.4 Å². The largest absolute Gasteiger partial charge is 0.497 e. The van der Waals surface area contributed by atoms with E-state index >= 15 is 0 Å². The summed E-state index contributed by atoms with van der Waals surface area (Å²) in [5.74, 6) is 1.35. The molecule has 1 N–H and O–H groups in total. The molecule has 0 bridgehead atoms. The van der Waals surface area contributed by atoms with Crippen LogP contribution in [-0.2, 0) is 23.2 Å². The summed E-state index contributed by atoms with van der Waals surface area (Å²) in [6.45, 7) is 2.22. The SMILES string of the molecule is COC(=O)c1c(-c2ccc(C)cc2)csc1NC(=O)CSc1nnc(COc2ccc(OC)cc2)n1C. The Morgan fingerprint density at radius 3 is 2.41 bits per heavy atom. The fraction of sp³-hybridized carbons (Fsp3) is 0.231. The number of carbonyl (C=O) groups is 2. The molecular formula is C26H26N4O5S2. The highest BCUT2D eigenvalue weighted by Crippen LogP contribution is 2.36. The quantitative estimate of drug-likeness (QED) is 0.223. The second kappa shape index (κ2) is 11.9. The maximum atomic E-state index is 12.8. The molecule has 2 aromatic heterocycles. The van der Waals surface area contributed by atoms with Crippen molar-refractivity contribution in [3.05, 3.63) is 70.9 Å². The van der Waals surface area contributed by atoms with Crippen molar-refractivity contribution in [3.8, 4) is 22.6 Å². The van der Waals surface area contributed by atoms with Gasteiger partial charge < -0.3 is 24.1 Å². The summed E-state index contributed by atoms with van der Waals surface area (Å²) in [6.07, 6.45) is 0. The van der Waals surface area contributed by atoms with Gasteiger partial charge in [0.2, 0.25) is 5.91 Å². The van der Waals surface area contributed by atoms with Crippen molar-refractivity contribution in [2.45, 2.75) is 18.7 Å². The maximum Gasteiger partial charge on any atom is 0.341 e. The monoisotopic (exact) mass is 538 g/mol. The molecule has 11 heteroatoms. The molecule has 0 fully saturated rings. The second-order valence-corrected chi connectivity index (χ2v) is 9.79. The normalized spacial score (nSPS) is 10.7. The highest BCUT2D eigenvalue weighted by atomic mass is 32.2. The number of nitrogens with one attached hydrogen (secondary N) is 1. The van der Waals surface area contributed by atoms with E-state index in [-0.39, 0.29) is 18.3 Å². The zero-order chi connectivity index (χ0) is 26.4. The predicted molar refractivity (Wildman–Crippen MR) is 144 cm³/mol. The lowest BCUT2D eigenvalue weighted by molar-refractivity contribution is -0.113. The van der Waals surface area contributed by atoms with Gasteiger partial charge in [0.05, 0.1) is 20.0 Å². The van der Waals surface area contributed by atoms with Gasteiger partial charge in [-0.2, -0.15) is 0 Å². The molecule has 0 aliphatic rings. The van der Waals surface area contributed by atoms with Gasteiger partial charge in [-0.15, -0.1) is 21.5 Å². The Balaban J connectivity index is 1.38. The van der Waals surface area contributed by atoms with Crippen LogP contribution < -0.4 is 14.8 Å². The molecule has 1 amide bonds. The smallest absolute Gasteiger partial charge is 0.341 e. The van der Waals surface area contributed by atoms with Gasteiger partial charge in [-0.1, -0.05) is 41.6 Å². The number of esters is 1. The Bertz CT molecular complexity index is 1380. The summed E-state index contributed by atoms with van der Waals surface area (Å²) in [7, 11) is 4.75. The maximum absolute atomic E-state index is 12.8. The van der Waals surface area contributed by atoms with Crippen molar-refractivity contribution in [1.29, 1.82) is 0 Å². The van der Waals surface area contributed by atoms with Crippen LogP contribution in [0, 0.1) is 6.92 Å². The minimum atomic E-state index is -0.505. The average molecular weight is 539 g/mol. The van der Waals surface area contributed by atoms with Crippen molar-refractivity contribution in [3.63, 3.8) is 0 Å². The standard InChI is InChI=1S/C26H26N4O5S2/c1-16-5-7-17(8-6-16)20-14-36-24(23(20)25(32)34-4)27-22(31)15-37-26-29-28-21(30(26)2)13-35-19-11-9-18(33-3)10-12-19/h5-12,14H,13,15H2,1-4H3,(H,27,31). The molecule has 2 heterocycles. The molecule has 37 heavy (non-hydrogen) atoms. The second-order valence-electron chi connectivity index (χ2n) is 7.97. The number of carbonyl (C=O) groups excluding carboxylic acids is 2. The molecule has 0 aliphatic carbocycles. The summed E-state index contributed by atoms with van der Waals surface area (Å²) in [5, 5.41) is 14.0. The molecular weight excluding hydrogens is 512 g/mol. The van der Waals surface area contributed by atoms with Crippen LogP contribution in [0.2, 0.25) is 0 Å². The lowest BCUT2D eigenvalue weighted by Gasteiger charge is -2.08. The van der Waals surface area contributed by atoms with Crippen molar-refractivity contribution in [2.75, 3.05) is 25.3 Å². The van der Waals surface area contributed by atoms with Gasteiger partial charge >= 0.3 is 5.97 Å². The van der Waals surface area contributed by atoms with Crippen LogP contribution in [-0.4, -0.2) is 46.6 Å². The number of methoxy groups -OCH3 is 2. The summed E-state index contributed by atoms with van der Waals surface area (Å²) >= 11 is 2.52. The van der Waals surface area contributed by atoms with Crippen LogP contribution >= 0.6 is 23.1 Å². The molecule has 2 aromatic carbocycles. The number of hydrogen-bond acceptors (Lipinski definition) is 9. The number of thiophene rings is 1. The third kappa shape index (κ3) is 6.30. The van der Waals surface area contributed by atoms with Crippen LogP contribution in [0.3, 0.4) is 0 Å². The van der Waals surface area contributed by atoms with Crippen molar-refractivity contribution < 1.29 is 23.8 Å². The Labute approximate surface area is 222 Å². The highest BCUT2D eigenvalue weighted by molar-refractivity contribution is 7.99. The summed E-state index contributed by atoms with van der Waals surface area (Å²) in [4.78, 5) is 25.3. The first-order valence-electron chi connectivity index (χ1n) is 11.2. The summed E-state index contributed by atoms with van der Waals surface area (Å²) in [6, 6.07) is 15.1. The van der Waals surface area contributed by atoms with E-state index < -0.39 is 5.97 Å². The van der Waals surface area contributed by atoms with Gasteiger partial charge in [0.15, 0.2) is 11.0 Å². The number of aromatic nitrogens is 3. The average Bonchev–Trinajstić information content (AvgIpc) is 3.49. The first-order chi connectivity index (χ1) is 17.9. The number of ether oxygens (including phenoxy) is 3. The van der Waals surface area contributed by atoms with Gasteiger partial charge in [0.1, 0.15) is 28.7 Å². The lowest BCUT2D eigenvalue weighted by Crippen LogP contribution is -2.16. The molecule has 0 unspecified atom stereocenters. The van der Waals surface area contributed by atoms with Gasteiger partial charge in [-0.3, -0.25) is 4.79 Å². The molecule has 192 valence electrons. The number of amides is 1. The van der Waals surface area contributed by atoms with E-state index in [0.29, 0.717) is 27.3 Å². The minimum absolute atomic E-state index is 0.0870. The zero-order valence-corrected chi connectivity index (χ0v) is 22.4. The van der Waals surface area contributed by atoms with E-state index in [1.165, 1.54) is 30.2 Å². The van der Waals surface area contributed by atoms with E-state index in [4.69, 9.17) is 14.2 Å². The van der Waals surface area contributed by atoms with Crippen molar-refractivity contribution >= 4 is 40.0 Å². The molecule has 4 aromatic rings. The number of aryl methyl sites for hydroxylation is 1. The van der Waals surface area contributed by atoms with E-state index in [2.05, 4.69) is 15.5 Å². The van der Waals surface area contributed by atoms with Crippen LogP contribution in [0.15, 0.2) is 59.1 Å². The lowest BCUT2D eigenvalue weighted by atomic mass is 10.0. The number of thioether (sulfide) groups is 1. The Morgan fingerprint density at radius 2 is 1.73 bits per heavy atom. The Kier molecular flexibility index (Phi) is 8.47. The van der Waals surface area contributed by atoms with Gasteiger partial charge in [0.25, 0.3) is 0 Å². The molecule has 9 nitrogen and oxygen atoms in total. The minimum Gasteiger partial charge on any atom is -0.497 e. The Morgan fingerprint density at radius 1 is 1.03 bits per heavy atom. The number of hydrogen-bond donors (Lipinski definition) is 1. The first-order valence-corrected chi connectivity index (χ1v) is 13.1. The fourth-order valence-corrected chi connectivity index (χ4v) is 5.11. The third-order valence-corrected chi connectivity index (χ3v) is 7.40. The molecule has 0 spiro atoms. The molecule has 0 saturated heterocycles. The number of anilines is 1. The van der Waals surface area contributed by atoms with Gasteiger partial charge in [0, 0.05) is 18.0 Å². The first kappa shape index (κ1) is 26.2.